The molecule has 0 amide bonds. The first kappa shape index (κ1) is 10.3. The molecule has 3 nitrogen and oxygen atoms in total. The van der Waals surface area contributed by atoms with Gasteiger partial charge in [0.05, 0.1) is 19.8 Å². The quantitative estimate of drug-likeness (QED) is 0.593. The van der Waals surface area contributed by atoms with E-state index >= 15 is 0 Å². The van der Waals surface area contributed by atoms with Crippen molar-refractivity contribution in [2.45, 2.75) is 24.6 Å². The molecule has 0 bridgehead atoms. The number of hydrogen-bond acceptors (Lipinski definition) is 3. The largest absolute Gasteiger partial charge is 0.345 e. The summed E-state index contributed by atoms with van der Waals surface area (Å²) in [6.45, 7) is 1.06. The van der Waals surface area contributed by atoms with Crippen LogP contribution in [0.3, 0.4) is 0 Å². The highest BCUT2D eigenvalue weighted by Crippen LogP contribution is 2.41. The Bertz CT molecular complexity index is 217. The first-order chi connectivity index (χ1) is 6.56. The number of halogens is 2. The van der Waals surface area contributed by atoms with Gasteiger partial charge in [-0.05, 0) is 13.5 Å². The highest BCUT2D eigenvalue weighted by atomic mass is 19.3. The highest BCUT2D eigenvalue weighted by Gasteiger charge is 2.59. The van der Waals surface area contributed by atoms with Crippen molar-refractivity contribution in [3.05, 3.63) is 0 Å². The highest BCUT2D eigenvalue weighted by molar-refractivity contribution is 4.95. The smallest absolute Gasteiger partial charge is 0.313 e. The van der Waals surface area contributed by atoms with Crippen molar-refractivity contribution in [2.24, 2.45) is 0 Å². The van der Waals surface area contributed by atoms with Crippen molar-refractivity contribution < 1.29 is 18.3 Å². The van der Waals surface area contributed by atoms with Crippen molar-refractivity contribution in [1.29, 1.82) is 0 Å². The Labute approximate surface area is 82.0 Å². The molecular formula is C9H15F2NO2. The Morgan fingerprint density at radius 2 is 1.86 bits per heavy atom. The van der Waals surface area contributed by atoms with Crippen LogP contribution >= 0.6 is 0 Å². The van der Waals surface area contributed by atoms with Crippen LogP contribution in [0.5, 0.6) is 0 Å². The predicted octanol–water partition coefficient (Wildman–Crippen LogP) is 1.09. The van der Waals surface area contributed by atoms with Crippen LogP contribution in [0.25, 0.3) is 0 Å². The first-order valence-electron chi connectivity index (χ1n) is 4.90. The maximum Gasteiger partial charge on any atom is 0.313 e. The molecule has 0 radical (unpaired) electrons. The molecule has 14 heavy (non-hydrogen) atoms. The summed E-state index contributed by atoms with van der Waals surface area (Å²) < 4.78 is 37.8. The molecule has 2 rings (SSSR count). The Kier molecular flexibility index (Phi) is 2.49. The molecule has 0 N–H and O–H groups in total. The van der Waals surface area contributed by atoms with E-state index in [0.717, 1.165) is 0 Å². The van der Waals surface area contributed by atoms with Gasteiger partial charge in [0.1, 0.15) is 0 Å². The molecule has 2 saturated heterocycles. The summed E-state index contributed by atoms with van der Waals surface area (Å²) in [6, 6.07) is 0. The molecule has 0 aromatic carbocycles. The van der Waals surface area contributed by atoms with Crippen LogP contribution in [0.2, 0.25) is 0 Å². The van der Waals surface area contributed by atoms with Crippen LogP contribution in [-0.2, 0) is 9.47 Å². The lowest BCUT2D eigenvalue weighted by atomic mass is 9.98. The Hall–Kier alpha value is -0.260. The fourth-order valence-electron chi connectivity index (χ4n) is 1.99. The van der Waals surface area contributed by atoms with E-state index < -0.39 is 11.7 Å². The van der Waals surface area contributed by atoms with Gasteiger partial charge < -0.3 is 14.4 Å². The Balaban J connectivity index is 2.16. The SMILES string of the molecule is CN1CCC2(OCCCO2)C(F)(F)C1. The van der Waals surface area contributed by atoms with Crippen LogP contribution in [0.4, 0.5) is 8.78 Å². The van der Waals surface area contributed by atoms with Gasteiger partial charge in [-0.3, -0.25) is 0 Å². The number of ether oxygens (including phenoxy) is 2. The van der Waals surface area contributed by atoms with Gasteiger partial charge in [-0.25, -0.2) is 0 Å². The Morgan fingerprint density at radius 3 is 2.43 bits per heavy atom. The lowest BCUT2D eigenvalue weighted by Gasteiger charge is -2.47. The summed E-state index contributed by atoms with van der Waals surface area (Å²) in [4.78, 5) is 1.60. The molecule has 0 aliphatic carbocycles. The number of piperidine rings is 1. The van der Waals surface area contributed by atoms with Gasteiger partial charge in [0.2, 0.25) is 5.79 Å². The summed E-state index contributed by atoms with van der Waals surface area (Å²) in [5.74, 6) is -4.54. The van der Waals surface area contributed by atoms with Crippen molar-refractivity contribution >= 4 is 0 Å². The third kappa shape index (κ3) is 1.53. The Morgan fingerprint density at radius 1 is 1.21 bits per heavy atom. The van der Waals surface area contributed by atoms with Gasteiger partial charge in [-0.1, -0.05) is 0 Å². The van der Waals surface area contributed by atoms with Crippen molar-refractivity contribution in [2.75, 3.05) is 33.4 Å². The van der Waals surface area contributed by atoms with Crippen LogP contribution < -0.4 is 0 Å². The molecule has 0 atom stereocenters. The molecular weight excluding hydrogens is 192 g/mol. The third-order valence-corrected chi connectivity index (χ3v) is 2.81. The fourth-order valence-corrected chi connectivity index (χ4v) is 1.99. The molecule has 5 heteroatoms. The lowest BCUT2D eigenvalue weighted by molar-refractivity contribution is -0.372. The molecule has 0 unspecified atom stereocenters. The molecule has 2 aliphatic heterocycles. The fraction of sp³-hybridized carbons (Fsp3) is 1.00. The zero-order valence-electron chi connectivity index (χ0n) is 8.26. The topological polar surface area (TPSA) is 21.7 Å². The predicted molar refractivity (Wildman–Crippen MR) is 46.3 cm³/mol. The number of nitrogens with zero attached hydrogens (tertiary/aromatic N) is 1. The van der Waals surface area contributed by atoms with Gasteiger partial charge in [-0.15, -0.1) is 0 Å². The molecule has 0 aromatic rings. The van der Waals surface area contributed by atoms with E-state index in [4.69, 9.17) is 9.47 Å². The van der Waals surface area contributed by atoms with Gasteiger partial charge in [0.25, 0.3) is 0 Å². The first-order valence-corrected chi connectivity index (χ1v) is 4.90. The summed E-state index contributed by atoms with van der Waals surface area (Å²) in [6.07, 6.45) is 0.949. The standard InChI is InChI=1S/C9H15F2NO2/c1-12-4-3-9(8(10,11)7-12)13-5-2-6-14-9/h2-7H2,1H3. The second-order valence-corrected chi connectivity index (χ2v) is 4.00. The lowest BCUT2D eigenvalue weighted by Crippen LogP contribution is -2.63. The van der Waals surface area contributed by atoms with Crippen LogP contribution in [0.15, 0.2) is 0 Å². The van der Waals surface area contributed by atoms with Crippen LogP contribution in [-0.4, -0.2) is 50.0 Å². The van der Waals surface area contributed by atoms with E-state index in [0.29, 0.717) is 26.2 Å². The van der Waals surface area contributed by atoms with Crippen LogP contribution in [0.1, 0.15) is 12.8 Å². The minimum atomic E-state index is -2.90. The maximum absolute atomic E-state index is 13.7. The second kappa shape index (κ2) is 3.40. The molecule has 82 valence electrons. The van der Waals surface area contributed by atoms with Gasteiger partial charge in [0.15, 0.2) is 0 Å². The van der Waals surface area contributed by atoms with E-state index in [-0.39, 0.29) is 13.0 Å². The summed E-state index contributed by atoms with van der Waals surface area (Å²) in [7, 11) is 1.68. The number of likely N-dealkylation sites (tertiary alicyclic amines) is 1. The maximum atomic E-state index is 13.7. The van der Waals surface area contributed by atoms with Gasteiger partial charge >= 0.3 is 5.92 Å². The molecule has 2 fully saturated rings. The second-order valence-electron chi connectivity index (χ2n) is 4.00. The minimum Gasteiger partial charge on any atom is -0.345 e. The van der Waals surface area contributed by atoms with Crippen molar-refractivity contribution in [1.82, 2.24) is 4.90 Å². The van der Waals surface area contributed by atoms with Crippen molar-refractivity contribution in [3.8, 4) is 0 Å². The number of hydrogen-bond donors (Lipinski definition) is 0. The zero-order chi connectivity index (χ0) is 10.2. The van der Waals surface area contributed by atoms with Crippen LogP contribution in [0, 0.1) is 0 Å². The molecule has 0 aromatic heterocycles. The molecule has 1 spiro atoms. The number of alkyl halides is 2. The minimum absolute atomic E-state index is 0.247. The summed E-state index contributed by atoms with van der Waals surface area (Å²) in [5, 5.41) is 0. The zero-order valence-corrected chi connectivity index (χ0v) is 8.26. The average molecular weight is 207 g/mol. The molecule has 2 aliphatic rings. The molecule has 0 saturated carbocycles. The normalized spacial score (nSPS) is 31.9. The van der Waals surface area contributed by atoms with E-state index in [2.05, 4.69) is 0 Å². The van der Waals surface area contributed by atoms with Crippen molar-refractivity contribution in [3.63, 3.8) is 0 Å². The third-order valence-electron chi connectivity index (χ3n) is 2.81. The number of rotatable bonds is 0. The monoisotopic (exact) mass is 207 g/mol. The van der Waals surface area contributed by atoms with E-state index in [1.54, 1.807) is 11.9 Å². The van der Waals surface area contributed by atoms with Gasteiger partial charge in [-0.2, -0.15) is 8.78 Å². The summed E-state index contributed by atoms with van der Waals surface area (Å²) >= 11 is 0. The average Bonchev–Trinajstić information content (AvgIpc) is 2.14. The molecule has 2 heterocycles. The van der Waals surface area contributed by atoms with E-state index in [1.807, 2.05) is 0 Å². The summed E-state index contributed by atoms with van der Waals surface area (Å²) in [5.41, 5.74) is 0. The van der Waals surface area contributed by atoms with E-state index in [9.17, 15) is 8.78 Å². The van der Waals surface area contributed by atoms with E-state index in [1.165, 1.54) is 0 Å². The van der Waals surface area contributed by atoms with Gasteiger partial charge in [0, 0.05) is 13.0 Å².